The average molecular weight is 480 g/mol. The van der Waals surface area contributed by atoms with Crippen molar-refractivity contribution >= 4 is 23.3 Å². The van der Waals surface area contributed by atoms with E-state index in [9.17, 15) is 9.59 Å². The van der Waals surface area contributed by atoms with Crippen LogP contribution in [0.5, 0.6) is 0 Å². The molecule has 0 aromatic carbocycles. The third-order valence-electron chi connectivity index (χ3n) is 6.08. The second-order valence-electron chi connectivity index (χ2n) is 10.0. The van der Waals surface area contributed by atoms with Crippen molar-refractivity contribution in [3.05, 3.63) is 53.5 Å². The average Bonchev–Trinajstić information content (AvgIpc) is 3.24. The van der Waals surface area contributed by atoms with Gasteiger partial charge in [-0.3, -0.25) is 9.69 Å². The van der Waals surface area contributed by atoms with Crippen molar-refractivity contribution in [1.29, 1.82) is 0 Å². The fourth-order valence-corrected chi connectivity index (χ4v) is 4.23. The van der Waals surface area contributed by atoms with E-state index in [-0.39, 0.29) is 18.0 Å². The summed E-state index contributed by atoms with van der Waals surface area (Å²) in [6, 6.07) is 0.0131. The fraction of sp³-hybridized carbons (Fsp3) is 0.480. The predicted octanol–water partition coefficient (Wildman–Crippen LogP) is 3.43. The number of nitrogens with zero attached hydrogens (tertiary/aromatic N) is 6. The highest BCUT2D eigenvalue weighted by atomic mass is 16.6. The minimum absolute atomic E-state index is 0.0131. The van der Waals surface area contributed by atoms with E-state index in [1.54, 1.807) is 18.0 Å². The molecule has 10 heteroatoms. The summed E-state index contributed by atoms with van der Waals surface area (Å²) in [5.74, 6) is 0.346. The third kappa shape index (κ3) is 5.59. The topological polar surface area (TPSA) is 105 Å². The molecule has 0 saturated carbocycles. The summed E-state index contributed by atoms with van der Waals surface area (Å²) in [6.45, 7) is 14.1. The Labute approximate surface area is 205 Å². The minimum Gasteiger partial charge on any atom is -0.444 e. The summed E-state index contributed by atoms with van der Waals surface area (Å²) >= 11 is 0. The number of amides is 2. The number of anilines is 1. The lowest BCUT2D eigenvalue weighted by molar-refractivity contribution is 0.000556. The molecule has 0 unspecified atom stereocenters. The van der Waals surface area contributed by atoms with Crippen LogP contribution < -0.4 is 5.32 Å². The predicted molar refractivity (Wildman–Crippen MR) is 132 cm³/mol. The number of rotatable bonds is 4. The molecule has 1 atom stereocenters. The lowest BCUT2D eigenvalue weighted by atomic mass is 10.1. The highest BCUT2D eigenvalue weighted by molar-refractivity contribution is 6.04. The van der Waals surface area contributed by atoms with E-state index in [0.29, 0.717) is 43.3 Å². The normalized spacial score (nSPS) is 17.0. The Hall–Kier alpha value is -3.53. The summed E-state index contributed by atoms with van der Waals surface area (Å²) in [5.41, 5.74) is 3.41. The molecule has 0 aliphatic carbocycles. The van der Waals surface area contributed by atoms with Crippen molar-refractivity contribution in [2.45, 2.75) is 59.7 Å². The zero-order valence-corrected chi connectivity index (χ0v) is 21.2. The summed E-state index contributed by atoms with van der Waals surface area (Å²) < 4.78 is 7.49. The van der Waals surface area contributed by atoms with Crippen LogP contribution in [0, 0.1) is 13.8 Å². The van der Waals surface area contributed by atoms with Crippen LogP contribution in [-0.2, 0) is 11.3 Å². The standard InChI is InChI=1S/C25H33N7O3/c1-16-13-30(9-10-32(16)24(34)35-25(4,5)6)14-20-17(2)21(15-31-8-7-26-22(20)31)29-23(33)19-11-27-18(3)28-12-19/h7-8,11-12,15-16H,9-10,13-14H2,1-6H3,(H,29,33)/t16-/m0/s1. The van der Waals surface area contributed by atoms with Crippen molar-refractivity contribution in [2.75, 3.05) is 25.0 Å². The van der Waals surface area contributed by atoms with Crippen molar-refractivity contribution in [3.63, 3.8) is 0 Å². The Bertz CT molecular complexity index is 1230. The molecule has 4 heterocycles. The maximum atomic E-state index is 12.8. The Kier molecular flexibility index (Phi) is 6.75. The maximum Gasteiger partial charge on any atom is 0.410 e. The van der Waals surface area contributed by atoms with Crippen molar-refractivity contribution in [3.8, 4) is 0 Å². The first-order valence-electron chi connectivity index (χ1n) is 11.8. The van der Waals surface area contributed by atoms with Gasteiger partial charge in [0.05, 0.1) is 11.3 Å². The van der Waals surface area contributed by atoms with Gasteiger partial charge in [0.2, 0.25) is 0 Å². The van der Waals surface area contributed by atoms with Crippen LogP contribution >= 0.6 is 0 Å². The van der Waals surface area contributed by atoms with Crippen molar-refractivity contribution in [1.82, 2.24) is 29.2 Å². The number of carbonyl (C=O) groups is 2. The van der Waals surface area contributed by atoms with E-state index in [1.165, 1.54) is 12.4 Å². The molecular weight excluding hydrogens is 446 g/mol. The molecule has 1 saturated heterocycles. The van der Waals surface area contributed by atoms with E-state index in [1.807, 2.05) is 51.4 Å². The van der Waals surface area contributed by atoms with Crippen molar-refractivity contribution < 1.29 is 14.3 Å². The Morgan fingerprint density at radius 2 is 1.86 bits per heavy atom. The van der Waals surface area contributed by atoms with Gasteiger partial charge in [0.1, 0.15) is 17.1 Å². The number of carbonyl (C=O) groups excluding carboxylic acids is 2. The third-order valence-corrected chi connectivity index (χ3v) is 6.08. The number of imidazole rings is 1. The number of piperazine rings is 1. The van der Waals surface area contributed by atoms with Crippen LogP contribution in [0.1, 0.15) is 55.0 Å². The maximum absolute atomic E-state index is 12.8. The van der Waals surface area contributed by atoms with Crippen molar-refractivity contribution in [2.24, 2.45) is 0 Å². The number of fused-ring (bicyclic) bond motifs is 1. The van der Waals surface area contributed by atoms with Crippen LogP contribution in [0.15, 0.2) is 31.0 Å². The largest absolute Gasteiger partial charge is 0.444 e. The van der Waals surface area contributed by atoms with E-state index in [2.05, 4.69) is 25.2 Å². The SMILES string of the molecule is Cc1ncc(C(=O)Nc2cn3ccnc3c(CN3CCN(C(=O)OC(C)(C)C)[C@@H](C)C3)c2C)cn1. The number of aromatic nitrogens is 4. The Morgan fingerprint density at radius 3 is 2.51 bits per heavy atom. The second-order valence-corrected chi connectivity index (χ2v) is 10.0. The van der Waals surface area contributed by atoms with E-state index in [0.717, 1.165) is 16.8 Å². The van der Waals surface area contributed by atoms with Gasteiger partial charge < -0.3 is 19.4 Å². The lowest BCUT2D eigenvalue weighted by Crippen LogP contribution is -2.54. The number of ether oxygens (including phenoxy) is 1. The van der Waals surface area contributed by atoms with Crippen LogP contribution in [0.2, 0.25) is 0 Å². The highest BCUT2D eigenvalue weighted by Crippen LogP contribution is 2.26. The molecule has 2 amide bonds. The molecule has 1 N–H and O–H groups in total. The number of pyridine rings is 1. The second kappa shape index (κ2) is 9.61. The minimum atomic E-state index is -0.521. The summed E-state index contributed by atoms with van der Waals surface area (Å²) in [7, 11) is 0. The Balaban J connectivity index is 1.52. The molecule has 1 fully saturated rings. The zero-order valence-electron chi connectivity index (χ0n) is 21.2. The van der Waals surface area contributed by atoms with E-state index < -0.39 is 5.60 Å². The number of hydrogen-bond donors (Lipinski definition) is 1. The quantitative estimate of drug-likeness (QED) is 0.611. The molecule has 1 aliphatic rings. The van der Waals surface area contributed by atoms with Crippen LogP contribution in [0.3, 0.4) is 0 Å². The monoisotopic (exact) mass is 479 g/mol. The van der Waals surface area contributed by atoms with Gasteiger partial charge in [-0.05, 0) is 47.1 Å². The first-order valence-corrected chi connectivity index (χ1v) is 11.8. The van der Waals surface area contributed by atoms with Crippen LogP contribution in [0.25, 0.3) is 5.65 Å². The fourth-order valence-electron chi connectivity index (χ4n) is 4.23. The molecule has 186 valence electrons. The molecule has 0 radical (unpaired) electrons. The number of aryl methyl sites for hydroxylation is 1. The molecule has 3 aromatic heterocycles. The molecule has 1 aliphatic heterocycles. The Morgan fingerprint density at radius 1 is 1.14 bits per heavy atom. The molecule has 35 heavy (non-hydrogen) atoms. The smallest absolute Gasteiger partial charge is 0.410 e. The summed E-state index contributed by atoms with van der Waals surface area (Å²) in [5, 5.41) is 3.00. The van der Waals surface area contributed by atoms with E-state index in [4.69, 9.17) is 4.74 Å². The molecule has 4 rings (SSSR count). The lowest BCUT2D eigenvalue weighted by Gasteiger charge is -2.40. The zero-order chi connectivity index (χ0) is 25.3. The first-order chi connectivity index (χ1) is 16.5. The van der Waals surface area contributed by atoms with Gasteiger partial charge in [0, 0.05) is 68.8 Å². The summed E-state index contributed by atoms with van der Waals surface area (Å²) in [6.07, 6.45) is 8.26. The molecule has 3 aromatic rings. The van der Waals surface area contributed by atoms with Gasteiger partial charge in [-0.15, -0.1) is 0 Å². The molecule has 0 bridgehead atoms. The van der Waals surface area contributed by atoms with Gasteiger partial charge >= 0.3 is 6.09 Å². The van der Waals surface area contributed by atoms with Gasteiger partial charge in [-0.2, -0.15) is 0 Å². The van der Waals surface area contributed by atoms with Crippen LogP contribution in [0.4, 0.5) is 10.5 Å². The molecule has 10 nitrogen and oxygen atoms in total. The van der Waals surface area contributed by atoms with Gasteiger partial charge in [-0.25, -0.2) is 19.7 Å². The number of nitrogens with one attached hydrogen (secondary N) is 1. The number of hydrogen-bond acceptors (Lipinski definition) is 7. The highest BCUT2D eigenvalue weighted by Gasteiger charge is 2.31. The van der Waals surface area contributed by atoms with Gasteiger partial charge in [0.15, 0.2) is 0 Å². The molecule has 0 spiro atoms. The van der Waals surface area contributed by atoms with Crippen LogP contribution in [-0.4, -0.2) is 72.4 Å². The summed E-state index contributed by atoms with van der Waals surface area (Å²) in [4.78, 5) is 42.3. The van der Waals surface area contributed by atoms with Gasteiger partial charge in [0.25, 0.3) is 5.91 Å². The van der Waals surface area contributed by atoms with E-state index >= 15 is 0 Å². The van der Waals surface area contributed by atoms with Gasteiger partial charge in [-0.1, -0.05) is 0 Å². The first kappa shape index (κ1) is 24.6. The molecular formula is C25H33N7O3.